The van der Waals surface area contributed by atoms with Crippen LogP contribution in [0.4, 0.5) is 0 Å². The smallest absolute Gasteiger partial charge is 0.183 e. The number of rotatable bonds is 3. The number of pyridine rings is 1. The SMILES string of the molecule is Clc1ncccc1CSc1ncn[nH]1. The summed E-state index contributed by atoms with van der Waals surface area (Å²) in [4.78, 5) is 7.98. The minimum Gasteiger partial charge on any atom is -0.254 e. The zero-order valence-corrected chi connectivity index (χ0v) is 8.72. The van der Waals surface area contributed by atoms with Crippen LogP contribution in [-0.4, -0.2) is 20.2 Å². The summed E-state index contributed by atoms with van der Waals surface area (Å²) in [6.07, 6.45) is 3.15. The van der Waals surface area contributed by atoms with Crippen molar-refractivity contribution in [2.45, 2.75) is 10.9 Å². The second-order valence-corrected chi connectivity index (χ2v) is 3.85. The van der Waals surface area contributed by atoms with E-state index in [-0.39, 0.29) is 0 Å². The van der Waals surface area contributed by atoms with Crippen molar-refractivity contribution >= 4 is 23.4 Å². The second-order valence-electron chi connectivity index (χ2n) is 2.53. The number of aromatic amines is 1. The molecule has 4 nitrogen and oxygen atoms in total. The van der Waals surface area contributed by atoms with E-state index in [1.54, 1.807) is 18.0 Å². The molecular weight excluding hydrogens is 220 g/mol. The molecule has 6 heteroatoms. The van der Waals surface area contributed by atoms with Crippen LogP contribution in [-0.2, 0) is 5.75 Å². The first-order chi connectivity index (χ1) is 6.86. The average Bonchev–Trinajstić information content (AvgIpc) is 2.69. The molecule has 2 aromatic heterocycles. The molecule has 0 bridgehead atoms. The predicted molar refractivity (Wildman–Crippen MR) is 55.2 cm³/mol. The van der Waals surface area contributed by atoms with Gasteiger partial charge in [-0.1, -0.05) is 29.4 Å². The minimum absolute atomic E-state index is 0.541. The molecular formula is C8H7ClN4S. The predicted octanol–water partition coefficient (Wildman–Crippen LogP) is 2.15. The molecule has 0 aliphatic heterocycles. The largest absolute Gasteiger partial charge is 0.254 e. The van der Waals surface area contributed by atoms with Crippen LogP contribution >= 0.6 is 23.4 Å². The van der Waals surface area contributed by atoms with Gasteiger partial charge in [0, 0.05) is 11.9 Å². The monoisotopic (exact) mass is 226 g/mol. The molecule has 72 valence electrons. The first kappa shape index (κ1) is 9.48. The molecule has 2 aromatic rings. The molecule has 1 N–H and O–H groups in total. The summed E-state index contributed by atoms with van der Waals surface area (Å²) in [6, 6.07) is 3.81. The van der Waals surface area contributed by atoms with Gasteiger partial charge >= 0.3 is 0 Å². The number of hydrogen-bond donors (Lipinski definition) is 1. The van der Waals surface area contributed by atoms with Crippen LogP contribution in [0.5, 0.6) is 0 Å². The van der Waals surface area contributed by atoms with Crippen molar-refractivity contribution in [3.8, 4) is 0 Å². The molecule has 0 aromatic carbocycles. The van der Waals surface area contributed by atoms with E-state index in [1.807, 2.05) is 12.1 Å². The molecule has 0 amide bonds. The van der Waals surface area contributed by atoms with Crippen molar-refractivity contribution < 1.29 is 0 Å². The Morgan fingerprint density at radius 2 is 2.36 bits per heavy atom. The highest BCUT2D eigenvalue weighted by atomic mass is 35.5. The average molecular weight is 227 g/mol. The fraction of sp³-hybridized carbons (Fsp3) is 0.125. The van der Waals surface area contributed by atoms with E-state index >= 15 is 0 Å². The maximum absolute atomic E-state index is 5.89. The van der Waals surface area contributed by atoms with Gasteiger partial charge in [0.2, 0.25) is 0 Å². The van der Waals surface area contributed by atoms with E-state index in [4.69, 9.17) is 11.6 Å². The van der Waals surface area contributed by atoms with Gasteiger partial charge in [0.1, 0.15) is 11.5 Å². The van der Waals surface area contributed by atoms with E-state index in [1.165, 1.54) is 6.33 Å². The third-order valence-corrected chi connectivity index (χ3v) is 2.86. The van der Waals surface area contributed by atoms with Crippen LogP contribution in [0.25, 0.3) is 0 Å². The van der Waals surface area contributed by atoms with Gasteiger partial charge in [0.25, 0.3) is 0 Å². The standard InChI is InChI=1S/C8H7ClN4S/c9-7-6(2-1-3-10-7)4-14-8-11-5-12-13-8/h1-3,5H,4H2,(H,11,12,13). The van der Waals surface area contributed by atoms with E-state index < -0.39 is 0 Å². The number of halogens is 1. The Kier molecular flexibility index (Phi) is 3.00. The number of nitrogens with one attached hydrogen (secondary N) is 1. The Morgan fingerprint density at radius 1 is 1.43 bits per heavy atom. The lowest BCUT2D eigenvalue weighted by atomic mass is 10.3. The summed E-state index contributed by atoms with van der Waals surface area (Å²) in [7, 11) is 0. The third kappa shape index (κ3) is 2.24. The van der Waals surface area contributed by atoms with Gasteiger partial charge in [-0.25, -0.2) is 9.97 Å². The summed E-state index contributed by atoms with van der Waals surface area (Å²) in [5, 5.41) is 7.84. The molecule has 0 saturated carbocycles. The van der Waals surface area contributed by atoms with Gasteiger partial charge in [0.05, 0.1) is 0 Å². The summed E-state index contributed by atoms with van der Waals surface area (Å²) >= 11 is 7.43. The van der Waals surface area contributed by atoms with Gasteiger partial charge in [-0.2, -0.15) is 5.10 Å². The minimum atomic E-state index is 0.541. The number of aromatic nitrogens is 4. The quantitative estimate of drug-likeness (QED) is 0.644. The molecule has 14 heavy (non-hydrogen) atoms. The zero-order chi connectivity index (χ0) is 9.80. The molecule has 0 radical (unpaired) electrons. The van der Waals surface area contributed by atoms with Crippen molar-refractivity contribution in [2.24, 2.45) is 0 Å². The third-order valence-electron chi connectivity index (χ3n) is 1.59. The number of hydrogen-bond acceptors (Lipinski definition) is 4. The van der Waals surface area contributed by atoms with Crippen LogP contribution < -0.4 is 0 Å². The molecule has 2 rings (SSSR count). The molecule has 0 atom stereocenters. The van der Waals surface area contributed by atoms with Crippen molar-refractivity contribution in [3.05, 3.63) is 35.4 Å². The summed E-state index contributed by atoms with van der Waals surface area (Å²) < 4.78 is 0. The Bertz CT molecular complexity index is 403. The Labute approximate surface area is 90.1 Å². The van der Waals surface area contributed by atoms with Gasteiger partial charge in [0.15, 0.2) is 5.16 Å². The van der Waals surface area contributed by atoms with Crippen LogP contribution in [0, 0.1) is 0 Å². The van der Waals surface area contributed by atoms with Crippen molar-refractivity contribution in [3.63, 3.8) is 0 Å². The van der Waals surface area contributed by atoms with E-state index in [0.29, 0.717) is 5.15 Å². The lowest BCUT2D eigenvalue weighted by Crippen LogP contribution is -1.85. The Morgan fingerprint density at radius 3 is 3.07 bits per heavy atom. The van der Waals surface area contributed by atoms with Crippen LogP contribution in [0.2, 0.25) is 5.15 Å². The highest BCUT2D eigenvalue weighted by molar-refractivity contribution is 7.98. The highest BCUT2D eigenvalue weighted by Crippen LogP contribution is 2.21. The molecule has 0 saturated heterocycles. The lowest BCUT2D eigenvalue weighted by Gasteiger charge is -1.99. The normalized spacial score (nSPS) is 10.4. The fourth-order valence-electron chi connectivity index (χ4n) is 0.937. The summed E-state index contributed by atoms with van der Waals surface area (Å²) in [5.74, 6) is 0.738. The first-order valence-corrected chi connectivity index (χ1v) is 5.30. The number of nitrogens with zero attached hydrogens (tertiary/aromatic N) is 3. The fourth-order valence-corrected chi connectivity index (χ4v) is 1.97. The number of thioether (sulfide) groups is 1. The molecule has 0 aliphatic rings. The summed E-state index contributed by atoms with van der Waals surface area (Å²) in [6.45, 7) is 0. The topological polar surface area (TPSA) is 54.5 Å². The van der Waals surface area contributed by atoms with Crippen molar-refractivity contribution in [2.75, 3.05) is 0 Å². The molecule has 0 spiro atoms. The van der Waals surface area contributed by atoms with Gasteiger partial charge < -0.3 is 0 Å². The van der Waals surface area contributed by atoms with E-state index in [0.717, 1.165) is 16.5 Å². The van der Waals surface area contributed by atoms with E-state index in [2.05, 4.69) is 20.2 Å². The summed E-state index contributed by atoms with van der Waals surface area (Å²) in [5.41, 5.74) is 0.996. The maximum atomic E-state index is 5.89. The maximum Gasteiger partial charge on any atom is 0.183 e. The number of H-pyrrole nitrogens is 1. The van der Waals surface area contributed by atoms with Gasteiger partial charge in [-0.3, -0.25) is 5.10 Å². The molecule has 0 fully saturated rings. The van der Waals surface area contributed by atoms with Crippen LogP contribution in [0.3, 0.4) is 0 Å². The van der Waals surface area contributed by atoms with Crippen molar-refractivity contribution in [1.29, 1.82) is 0 Å². The zero-order valence-electron chi connectivity index (χ0n) is 7.14. The lowest BCUT2D eigenvalue weighted by molar-refractivity contribution is 0.972. The Balaban J connectivity index is 2.02. The highest BCUT2D eigenvalue weighted by Gasteiger charge is 2.02. The van der Waals surface area contributed by atoms with Crippen LogP contribution in [0.1, 0.15) is 5.56 Å². The van der Waals surface area contributed by atoms with Crippen LogP contribution in [0.15, 0.2) is 29.8 Å². The van der Waals surface area contributed by atoms with Gasteiger partial charge in [-0.05, 0) is 11.6 Å². The first-order valence-electron chi connectivity index (χ1n) is 3.94. The molecule has 0 aliphatic carbocycles. The Hall–Kier alpha value is -1.07. The van der Waals surface area contributed by atoms with Crippen molar-refractivity contribution in [1.82, 2.24) is 20.2 Å². The molecule has 0 unspecified atom stereocenters. The molecule has 2 heterocycles. The van der Waals surface area contributed by atoms with Gasteiger partial charge in [-0.15, -0.1) is 0 Å². The second kappa shape index (κ2) is 4.43. The van der Waals surface area contributed by atoms with E-state index in [9.17, 15) is 0 Å².